The molecule has 0 radical (unpaired) electrons. The molecule has 0 spiro atoms. The number of hydrogen-bond acceptors (Lipinski definition) is 7. The number of amides is 2. The number of carbonyl (C=O) groups is 1. The molecule has 3 rings (SSSR count). The van der Waals surface area contributed by atoms with Crippen LogP contribution in [0, 0.1) is 10.1 Å². The lowest BCUT2D eigenvalue weighted by Crippen LogP contribution is -2.37. The molecule has 11 nitrogen and oxygen atoms in total. The second-order valence-corrected chi connectivity index (χ2v) is 9.28. The Labute approximate surface area is 208 Å². The molecule has 0 aliphatic rings. The maximum absolute atomic E-state index is 13.1. The van der Waals surface area contributed by atoms with Gasteiger partial charge in [-0.1, -0.05) is 0 Å². The van der Waals surface area contributed by atoms with Crippen molar-refractivity contribution < 1.29 is 27.6 Å². The van der Waals surface area contributed by atoms with Crippen LogP contribution in [0.5, 0.6) is 11.5 Å². The van der Waals surface area contributed by atoms with Crippen molar-refractivity contribution in [2.45, 2.75) is 11.3 Å². The number of non-ortho nitro benzene ring substituents is 1. The summed E-state index contributed by atoms with van der Waals surface area (Å²) >= 11 is 0. The van der Waals surface area contributed by atoms with E-state index >= 15 is 0 Å². The first kappa shape index (κ1) is 26.4. The van der Waals surface area contributed by atoms with Gasteiger partial charge in [-0.05, 0) is 67.1 Å². The topological polar surface area (TPSA) is 140 Å². The molecule has 0 aliphatic heterocycles. The molecule has 36 heavy (non-hydrogen) atoms. The minimum atomic E-state index is -3.73. The van der Waals surface area contributed by atoms with Crippen molar-refractivity contribution in [3.8, 4) is 11.5 Å². The van der Waals surface area contributed by atoms with E-state index in [2.05, 4.69) is 10.0 Å². The smallest absolute Gasteiger partial charge is 0.326 e. The quantitative estimate of drug-likeness (QED) is 0.224. The molecule has 2 amide bonds. The number of ether oxygens (including phenoxy) is 2. The van der Waals surface area contributed by atoms with Gasteiger partial charge in [-0.2, -0.15) is 0 Å². The summed E-state index contributed by atoms with van der Waals surface area (Å²) in [4.78, 5) is 24.9. The van der Waals surface area contributed by atoms with Crippen LogP contribution in [0.25, 0.3) is 0 Å². The van der Waals surface area contributed by atoms with Crippen LogP contribution in [0.2, 0.25) is 0 Å². The zero-order valence-electron chi connectivity index (χ0n) is 19.7. The molecule has 0 atom stereocenters. The number of sulfonamides is 1. The number of hydrogen-bond donors (Lipinski definition) is 2. The van der Waals surface area contributed by atoms with Crippen LogP contribution in [0.1, 0.15) is 6.42 Å². The summed E-state index contributed by atoms with van der Waals surface area (Å²) in [5.41, 5.74) is 0.849. The van der Waals surface area contributed by atoms with E-state index in [-0.39, 0.29) is 23.7 Å². The van der Waals surface area contributed by atoms with Gasteiger partial charge in [0.05, 0.1) is 24.0 Å². The summed E-state index contributed by atoms with van der Waals surface area (Å²) in [6.07, 6.45) is 0.315. The number of nitro benzene ring substituents is 1. The van der Waals surface area contributed by atoms with Crippen LogP contribution in [-0.2, 0) is 10.0 Å². The first-order valence-corrected chi connectivity index (χ1v) is 12.3. The number of anilines is 2. The number of benzene rings is 3. The maximum Gasteiger partial charge on any atom is 0.326 e. The van der Waals surface area contributed by atoms with Crippen LogP contribution in [0.3, 0.4) is 0 Å². The fraction of sp³-hybridized carbons (Fsp3) is 0.208. The average molecular weight is 515 g/mol. The molecule has 0 saturated heterocycles. The second-order valence-electron chi connectivity index (χ2n) is 7.51. The highest BCUT2D eigenvalue weighted by atomic mass is 32.2. The Morgan fingerprint density at radius 2 is 1.47 bits per heavy atom. The van der Waals surface area contributed by atoms with Gasteiger partial charge in [-0.3, -0.25) is 15.0 Å². The molecule has 0 unspecified atom stereocenters. The number of methoxy groups -OCH3 is 2. The van der Waals surface area contributed by atoms with Crippen LogP contribution in [0.15, 0.2) is 77.7 Å². The highest BCUT2D eigenvalue weighted by Gasteiger charge is 2.18. The fourth-order valence-corrected chi connectivity index (χ4v) is 4.32. The lowest BCUT2D eigenvalue weighted by atomic mass is 10.2. The number of urea groups is 1. The van der Waals surface area contributed by atoms with Crippen molar-refractivity contribution in [1.82, 2.24) is 4.72 Å². The highest BCUT2D eigenvalue weighted by molar-refractivity contribution is 7.89. The average Bonchev–Trinajstić information content (AvgIpc) is 2.89. The Morgan fingerprint density at radius 1 is 0.917 bits per heavy atom. The van der Waals surface area contributed by atoms with E-state index in [4.69, 9.17) is 9.47 Å². The van der Waals surface area contributed by atoms with E-state index in [9.17, 15) is 23.3 Å². The Bertz CT molecular complexity index is 1280. The number of nitrogens with zero attached hydrogens (tertiary/aromatic N) is 2. The molecule has 0 aromatic heterocycles. The van der Waals surface area contributed by atoms with Gasteiger partial charge < -0.3 is 14.8 Å². The predicted molar refractivity (Wildman–Crippen MR) is 135 cm³/mol. The Balaban J connectivity index is 1.68. The van der Waals surface area contributed by atoms with E-state index < -0.39 is 21.0 Å². The molecule has 3 aromatic carbocycles. The number of nitro groups is 1. The lowest BCUT2D eigenvalue weighted by molar-refractivity contribution is -0.384. The largest absolute Gasteiger partial charge is 0.497 e. The highest BCUT2D eigenvalue weighted by Crippen LogP contribution is 2.22. The molecular weight excluding hydrogens is 488 g/mol. The van der Waals surface area contributed by atoms with Crippen molar-refractivity contribution in [2.24, 2.45) is 0 Å². The van der Waals surface area contributed by atoms with Gasteiger partial charge in [0.25, 0.3) is 5.69 Å². The Morgan fingerprint density at radius 3 is 2.00 bits per heavy atom. The van der Waals surface area contributed by atoms with Gasteiger partial charge in [0.15, 0.2) is 0 Å². The lowest BCUT2D eigenvalue weighted by Gasteiger charge is -2.23. The normalized spacial score (nSPS) is 10.9. The van der Waals surface area contributed by atoms with Crippen LogP contribution in [0.4, 0.5) is 21.9 Å². The molecule has 0 bridgehead atoms. The van der Waals surface area contributed by atoms with Crippen molar-refractivity contribution in [3.63, 3.8) is 0 Å². The molecule has 3 aromatic rings. The van der Waals surface area contributed by atoms with Gasteiger partial charge in [-0.25, -0.2) is 17.9 Å². The summed E-state index contributed by atoms with van der Waals surface area (Å²) < 4.78 is 37.9. The number of rotatable bonds is 11. The molecule has 2 N–H and O–H groups in total. The molecule has 190 valence electrons. The van der Waals surface area contributed by atoms with Gasteiger partial charge in [0.2, 0.25) is 10.0 Å². The third kappa shape index (κ3) is 6.93. The molecule has 0 fully saturated rings. The number of nitrogens with one attached hydrogen (secondary N) is 2. The standard InChI is InChI=1S/C24H26N4O7S/c1-34-21-10-8-19(9-11-21)27(24(29)26-18-4-6-20(7-5-18)28(30)31)17-3-16-25-36(32,33)23-14-12-22(35-2)13-15-23/h4-15,25H,3,16-17H2,1-2H3,(H,26,29). The maximum atomic E-state index is 13.1. The predicted octanol–water partition coefficient (Wildman–Crippen LogP) is 4.02. The summed E-state index contributed by atoms with van der Waals surface area (Å²) in [5, 5.41) is 13.6. The van der Waals surface area contributed by atoms with E-state index in [1.54, 1.807) is 36.4 Å². The zero-order chi connectivity index (χ0) is 26.1. The first-order valence-electron chi connectivity index (χ1n) is 10.8. The molecular formula is C24H26N4O7S. The molecule has 0 aliphatic carbocycles. The van der Waals surface area contributed by atoms with Gasteiger partial charge >= 0.3 is 6.03 Å². The fourth-order valence-electron chi connectivity index (χ4n) is 3.25. The summed E-state index contributed by atoms with van der Waals surface area (Å²) in [7, 11) is -0.708. The molecule has 0 heterocycles. The van der Waals surface area contributed by atoms with Crippen LogP contribution in [-0.4, -0.2) is 46.7 Å². The summed E-state index contributed by atoms with van der Waals surface area (Å²) in [6.45, 7) is 0.280. The summed E-state index contributed by atoms with van der Waals surface area (Å²) in [6, 6.07) is 17.8. The van der Waals surface area contributed by atoms with Gasteiger partial charge in [0, 0.05) is 36.6 Å². The monoisotopic (exact) mass is 514 g/mol. The van der Waals surface area contributed by atoms with E-state index in [0.29, 0.717) is 29.3 Å². The van der Waals surface area contributed by atoms with Crippen molar-refractivity contribution >= 4 is 33.1 Å². The van der Waals surface area contributed by atoms with E-state index in [1.165, 1.54) is 55.5 Å². The SMILES string of the molecule is COc1ccc(N(CCCNS(=O)(=O)c2ccc(OC)cc2)C(=O)Nc2ccc([N+](=O)[O-])cc2)cc1. The molecule has 0 saturated carbocycles. The summed E-state index contributed by atoms with van der Waals surface area (Å²) in [5.74, 6) is 1.16. The third-order valence-corrected chi connectivity index (χ3v) is 6.66. The first-order chi connectivity index (χ1) is 17.2. The molecule has 12 heteroatoms. The van der Waals surface area contributed by atoms with Crippen LogP contribution >= 0.6 is 0 Å². The minimum absolute atomic E-state index is 0.0891. The minimum Gasteiger partial charge on any atom is -0.497 e. The Hall–Kier alpha value is -4.16. The Kier molecular flexibility index (Phi) is 8.81. The second kappa shape index (κ2) is 12.0. The van der Waals surface area contributed by atoms with Crippen molar-refractivity contribution in [1.29, 1.82) is 0 Å². The third-order valence-electron chi connectivity index (χ3n) is 5.18. The van der Waals surface area contributed by atoms with E-state index in [1.807, 2.05) is 0 Å². The van der Waals surface area contributed by atoms with Crippen molar-refractivity contribution in [2.75, 3.05) is 37.5 Å². The van der Waals surface area contributed by atoms with Gasteiger partial charge in [0.1, 0.15) is 11.5 Å². The van der Waals surface area contributed by atoms with Crippen LogP contribution < -0.4 is 24.4 Å². The van der Waals surface area contributed by atoms with Crippen molar-refractivity contribution in [3.05, 3.63) is 82.9 Å². The zero-order valence-corrected chi connectivity index (χ0v) is 20.5. The van der Waals surface area contributed by atoms with Gasteiger partial charge in [-0.15, -0.1) is 0 Å². The van der Waals surface area contributed by atoms with E-state index in [0.717, 1.165) is 0 Å². The number of carbonyl (C=O) groups excluding carboxylic acids is 1.